The molecule has 5 heterocycles. The number of hydrogen-bond donors (Lipinski definition) is 0. The van der Waals surface area contributed by atoms with Gasteiger partial charge in [0.05, 0.1) is 62.4 Å². The molecule has 1 atom stereocenters. The lowest BCUT2D eigenvalue weighted by Gasteiger charge is -2.39. The Kier molecular flexibility index (Phi) is 6.62. The molecule has 6 heteroatoms. The van der Waals surface area contributed by atoms with E-state index in [1.807, 2.05) is 42.7 Å². The molecule has 1 unspecified atom stereocenters. The third-order valence-electron chi connectivity index (χ3n) is 12.7. The molecule has 1 aliphatic carbocycles. The van der Waals surface area contributed by atoms with Crippen molar-refractivity contribution in [2.75, 3.05) is 0 Å². The van der Waals surface area contributed by atoms with Gasteiger partial charge in [0.15, 0.2) is 0 Å². The summed E-state index contributed by atoms with van der Waals surface area (Å²) in [6, 6.07) is 64.2. The standard InChI is InChI=1S/C54H31N5O/c55-31-33-20-23-48-40(27-33)41-28-34(21-24-49(41)58(48)36-11-2-1-3-12-36)35-22-25-51-44(29-35)54(42-15-6-9-19-50(42)60-51)43-16-10-26-56-52(43)53-45(54)30-37(32-57-53)59-46-17-7-4-13-38(46)39-14-5-8-18-47(39)59/h1-30,32H. The van der Waals surface area contributed by atoms with E-state index < -0.39 is 5.41 Å². The van der Waals surface area contributed by atoms with Crippen molar-refractivity contribution in [2.45, 2.75) is 5.41 Å². The van der Waals surface area contributed by atoms with E-state index in [9.17, 15) is 5.26 Å². The van der Waals surface area contributed by atoms with Crippen LogP contribution in [-0.2, 0) is 5.41 Å². The minimum Gasteiger partial charge on any atom is -0.457 e. The zero-order valence-corrected chi connectivity index (χ0v) is 32.0. The molecule has 2 aliphatic rings. The minimum atomic E-state index is -0.782. The second-order valence-corrected chi connectivity index (χ2v) is 15.7. The number of rotatable bonds is 3. The fraction of sp³-hybridized carbons (Fsp3) is 0.0185. The summed E-state index contributed by atoms with van der Waals surface area (Å²) in [7, 11) is 0. The second-order valence-electron chi connectivity index (χ2n) is 15.7. The Hall–Kier alpha value is -8.27. The number of para-hydroxylation sites is 4. The zero-order valence-electron chi connectivity index (χ0n) is 32.0. The first-order valence-corrected chi connectivity index (χ1v) is 20.1. The largest absolute Gasteiger partial charge is 0.457 e. The van der Waals surface area contributed by atoms with E-state index in [0.29, 0.717) is 5.56 Å². The highest BCUT2D eigenvalue weighted by atomic mass is 16.5. The summed E-state index contributed by atoms with van der Waals surface area (Å²) in [5.41, 5.74) is 14.4. The Balaban J connectivity index is 1.08. The molecule has 0 N–H and O–H groups in total. The predicted octanol–water partition coefficient (Wildman–Crippen LogP) is 12.7. The van der Waals surface area contributed by atoms with Crippen LogP contribution in [0.1, 0.15) is 27.8 Å². The summed E-state index contributed by atoms with van der Waals surface area (Å²) < 4.78 is 11.4. The van der Waals surface area contributed by atoms with Crippen LogP contribution in [0.25, 0.3) is 77.5 Å². The Labute approximate surface area is 344 Å². The third-order valence-corrected chi connectivity index (χ3v) is 12.7. The van der Waals surface area contributed by atoms with Gasteiger partial charge in [-0.3, -0.25) is 9.97 Å². The van der Waals surface area contributed by atoms with Crippen LogP contribution in [0.4, 0.5) is 0 Å². The molecule has 0 bridgehead atoms. The van der Waals surface area contributed by atoms with Crippen molar-refractivity contribution in [1.82, 2.24) is 19.1 Å². The number of nitriles is 1. The van der Waals surface area contributed by atoms with E-state index in [1.165, 1.54) is 10.8 Å². The van der Waals surface area contributed by atoms with Crippen LogP contribution in [-0.4, -0.2) is 19.1 Å². The number of fused-ring (bicyclic) bond motifs is 15. The van der Waals surface area contributed by atoms with Gasteiger partial charge in [0.2, 0.25) is 0 Å². The molecule has 7 aromatic carbocycles. The van der Waals surface area contributed by atoms with Gasteiger partial charge in [0.25, 0.3) is 0 Å². The maximum absolute atomic E-state index is 9.93. The normalized spacial score (nSPS) is 14.8. The van der Waals surface area contributed by atoms with E-state index in [4.69, 9.17) is 14.7 Å². The van der Waals surface area contributed by atoms with Crippen LogP contribution in [0.3, 0.4) is 0 Å². The number of nitrogens with zero attached hydrogens (tertiary/aromatic N) is 5. The summed E-state index contributed by atoms with van der Waals surface area (Å²) in [6.07, 6.45) is 3.86. The van der Waals surface area contributed by atoms with Crippen LogP contribution in [0.5, 0.6) is 11.5 Å². The molecule has 1 aliphatic heterocycles. The summed E-state index contributed by atoms with van der Waals surface area (Å²) >= 11 is 0. The molecule has 11 aromatic rings. The number of aromatic nitrogens is 4. The van der Waals surface area contributed by atoms with Crippen molar-refractivity contribution < 1.29 is 4.74 Å². The van der Waals surface area contributed by atoms with Crippen molar-refractivity contribution in [3.63, 3.8) is 0 Å². The van der Waals surface area contributed by atoms with Gasteiger partial charge in [-0.25, -0.2) is 0 Å². The van der Waals surface area contributed by atoms with Crippen LogP contribution < -0.4 is 4.74 Å². The van der Waals surface area contributed by atoms with Crippen LogP contribution in [0.2, 0.25) is 0 Å². The van der Waals surface area contributed by atoms with Crippen LogP contribution >= 0.6 is 0 Å². The lowest BCUT2D eigenvalue weighted by molar-refractivity contribution is 0.436. The quantitative estimate of drug-likeness (QED) is 0.180. The summed E-state index contributed by atoms with van der Waals surface area (Å²) in [6.45, 7) is 0. The Bertz CT molecular complexity index is 3610. The van der Waals surface area contributed by atoms with E-state index >= 15 is 0 Å². The molecular formula is C54H31N5O. The van der Waals surface area contributed by atoms with Crippen LogP contribution in [0, 0.1) is 11.3 Å². The molecule has 6 nitrogen and oxygen atoms in total. The Morgan fingerprint density at radius 3 is 1.88 bits per heavy atom. The van der Waals surface area contributed by atoms with E-state index in [-0.39, 0.29) is 0 Å². The number of hydrogen-bond acceptors (Lipinski definition) is 4. The van der Waals surface area contributed by atoms with Crippen molar-refractivity contribution in [3.8, 4) is 51.5 Å². The molecule has 0 amide bonds. The van der Waals surface area contributed by atoms with Crippen LogP contribution in [0.15, 0.2) is 188 Å². The molecule has 0 saturated carbocycles. The summed E-state index contributed by atoms with van der Waals surface area (Å²) in [5.74, 6) is 1.61. The van der Waals surface area contributed by atoms with Gasteiger partial charge in [-0.05, 0) is 102 Å². The predicted molar refractivity (Wildman–Crippen MR) is 238 cm³/mol. The number of benzene rings is 7. The SMILES string of the molecule is N#Cc1ccc2c(c1)c1cc(-c3ccc4c(c3)C3(c5ccccc5O4)c4cccnc4-c4ncc(-n5c6ccccc6c6ccccc65)cc43)ccc1n2-c1ccccc1. The maximum atomic E-state index is 9.93. The summed E-state index contributed by atoms with van der Waals surface area (Å²) in [4.78, 5) is 10.3. The Morgan fingerprint density at radius 2 is 1.07 bits per heavy atom. The zero-order chi connectivity index (χ0) is 39.5. The topological polar surface area (TPSA) is 68.7 Å². The molecule has 0 fully saturated rings. The lowest BCUT2D eigenvalue weighted by Crippen LogP contribution is -2.32. The monoisotopic (exact) mass is 765 g/mol. The highest BCUT2D eigenvalue weighted by molar-refractivity contribution is 6.11. The van der Waals surface area contributed by atoms with E-state index in [2.05, 4.69) is 161 Å². The molecule has 4 aromatic heterocycles. The van der Waals surface area contributed by atoms with Gasteiger partial charge in [-0.1, -0.05) is 91.0 Å². The van der Waals surface area contributed by atoms with Gasteiger partial charge in [-0.2, -0.15) is 5.26 Å². The van der Waals surface area contributed by atoms with Gasteiger partial charge in [0.1, 0.15) is 11.5 Å². The summed E-state index contributed by atoms with van der Waals surface area (Å²) in [5, 5.41) is 14.5. The molecule has 278 valence electrons. The highest BCUT2D eigenvalue weighted by Gasteiger charge is 2.52. The first-order chi connectivity index (χ1) is 29.7. The van der Waals surface area contributed by atoms with Crippen molar-refractivity contribution in [2.24, 2.45) is 0 Å². The average Bonchev–Trinajstić information content (AvgIpc) is 3.93. The first kappa shape index (κ1) is 32.8. The molecule has 0 saturated heterocycles. The fourth-order valence-corrected chi connectivity index (χ4v) is 10.2. The molecule has 13 rings (SSSR count). The second kappa shape index (κ2) is 12.1. The molecule has 60 heavy (non-hydrogen) atoms. The van der Waals surface area contributed by atoms with Gasteiger partial charge in [0, 0.05) is 50.1 Å². The number of pyridine rings is 2. The first-order valence-electron chi connectivity index (χ1n) is 20.1. The van der Waals surface area contributed by atoms with Gasteiger partial charge in [-0.15, -0.1) is 0 Å². The van der Waals surface area contributed by atoms with E-state index in [0.717, 1.165) is 100 Å². The molecule has 0 radical (unpaired) electrons. The Morgan fingerprint density at radius 1 is 0.450 bits per heavy atom. The smallest absolute Gasteiger partial charge is 0.132 e. The average molecular weight is 766 g/mol. The lowest BCUT2D eigenvalue weighted by atomic mass is 9.66. The number of ether oxygens (including phenoxy) is 1. The van der Waals surface area contributed by atoms with Crippen molar-refractivity contribution >= 4 is 43.6 Å². The highest BCUT2D eigenvalue weighted by Crippen LogP contribution is 2.62. The molecule has 1 spiro atoms. The van der Waals surface area contributed by atoms with Crippen molar-refractivity contribution in [1.29, 1.82) is 5.26 Å². The minimum absolute atomic E-state index is 0.632. The van der Waals surface area contributed by atoms with Gasteiger partial charge < -0.3 is 13.9 Å². The molecular weight excluding hydrogens is 735 g/mol. The maximum Gasteiger partial charge on any atom is 0.132 e. The van der Waals surface area contributed by atoms with Crippen molar-refractivity contribution in [3.05, 3.63) is 216 Å². The third kappa shape index (κ3) is 4.30. The van der Waals surface area contributed by atoms with E-state index in [1.54, 1.807) is 0 Å². The van der Waals surface area contributed by atoms with Gasteiger partial charge >= 0.3 is 0 Å². The fourth-order valence-electron chi connectivity index (χ4n) is 10.2.